The molecule has 1 heteroatoms. The van der Waals surface area contributed by atoms with Crippen molar-refractivity contribution in [2.24, 2.45) is 0 Å². The normalized spacial score (nSPS) is 12.1. The first-order chi connectivity index (χ1) is 9.24. The standard InChI is InChI=1S/C18H20O/c1-3-5-14(2)16-8-10-17(11-9-16)18-7-4-6-15(12-18)13-19/h4,6-14H,3,5H2,1-2H3. The summed E-state index contributed by atoms with van der Waals surface area (Å²) in [4.78, 5) is 10.8. The molecule has 0 heterocycles. The molecule has 2 aromatic carbocycles. The molecule has 0 bridgehead atoms. The van der Waals surface area contributed by atoms with E-state index in [0.29, 0.717) is 5.92 Å². The van der Waals surface area contributed by atoms with Crippen LogP contribution in [0.2, 0.25) is 0 Å². The summed E-state index contributed by atoms with van der Waals surface area (Å²) in [7, 11) is 0. The van der Waals surface area contributed by atoms with Crippen LogP contribution >= 0.6 is 0 Å². The molecule has 0 aromatic heterocycles. The highest BCUT2D eigenvalue weighted by atomic mass is 16.1. The molecule has 19 heavy (non-hydrogen) atoms. The Kier molecular flexibility index (Phi) is 4.51. The summed E-state index contributed by atoms with van der Waals surface area (Å²) in [5, 5.41) is 0. The van der Waals surface area contributed by atoms with Crippen LogP contribution in [-0.2, 0) is 0 Å². The lowest BCUT2D eigenvalue weighted by Crippen LogP contribution is -1.92. The first-order valence-electron chi connectivity index (χ1n) is 6.90. The van der Waals surface area contributed by atoms with E-state index < -0.39 is 0 Å². The summed E-state index contributed by atoms with van der Waals surface area (Å²) in [5.41, 5.74) is 4.37. The molecule has 0 amide bonds. The van der Waals surface area contributed by atoms with Gasteiger partial charge in [0.1, 0.15) is 6.29 Å². The number of benzene rings is 2. The van der Waals surface area contributed by atoms with E-state index in [2.05, 4.69) is 38.1 Å². The first kappa shape index (κ1) is 13.5. The number of carbonyl (C=O) groups is 1. The van der Waals surface area contributed by atoms with Crippen LogP contribution in [0.15, 0.2) is 48.5 Å². The van der Waals surface area contributed by atoms with Crippen molar-refractivity contribution in [3.05, 3.63) is 59.7 Å². The van der Waals surface area contributed by atoms with Gasteiger partial charge in [0.25, 0.3) is 0 Å². The third-order valence-corrected chi connectivity index (χ3v) is 3.56. The van der Waals surface area contributed by atoms with Gasteiger partial charge >= 0.3 is 0 Å². The molecule has 0 aliphatic rings. The highest BCUT2D eigenvalue weighted by molar-refractivity contribution is 5.78. The SMILES string of the molecule is CCCC(C)c1ccc(-c2cccc(C=O)c2)cc1. The van der Waals surface area contributed by atoms with Crippen LogP contribution in [0.5, 0.6) is 0 Å². The van der Waals surface area contributed by atoms with Crippen LogP contribution in [0.25, 0.3) is 11.1 Å². The molecule has 0 saturated carbocycles. The summed E-state index contributed by atoms with van der Waals surface area (Å²) in [5.74, 6) is 0.611. The minimum Gasteiger partial charge on any atom is -0.298 e. The molecule has 1 unspecified atom stereocenters. The Morgan fingerprint density at radius 3 is 2.42 bits per heavy atom. The lowest BCUT2D eigenvalue weighted by atomic mass is 9.94. The maximum Gasteiger partial charge on any atom is 0.150 e. The minimum absolute atomic E-state index is 0.611. The van der Waals surface area contributed by atoms with Crippen LogP contribution in [0, 0.1) is 0 Å². The molecular formula is C18H20O. The summed E-state index contributed by atoms with van der Waals surface area (Å²) >= 11 is 0. The Morgan fingerprint density at radius 2 is 1.79 bits per heavy atom. The summed E-state index contributed by atoms with van der Waals surface area (Å²) < 4.78 is 0. The third-order valence-electron chi connectivity index (χ3n) is 3.56. The monoisotopic (exact) mass is 252 g/mol. The largest absolute Gasteiger partial charge is 0.298 e. The maximum atomic E-state index is 10.8. The lowest BCUT2D eigenvalue weighted by Gasteiger charge is -2.11. The van der Waals surface area contributed by atoms with Crippen molar-refractivity contribution in [2.75, 3.05) is 0 Å². The molecule has 1 atom stereocenters. The van der Waals surface area contributed by atoms with Crippen LogP contribution in [0.4, 0.5) is 0 Å². The predicted molar refractivity (Wildman–Crippen MR) is 80.6 cm³/mol. The fraction of sp³-hybridized carbons (Fsp3) is 0.278. The average Bonchev–Trinajstić information content (AvgIpc) is 2.48. The van der Waals surface area contributed by atoms with E-state index in [-0.39, 0.29) is 0 Å². The Balaban J connectivity index is 2.24. The van der Waals surface area contributed by atoms with E-state index in [1.807, 2.05) is 24.3 Å². The van der Waals surface area contributed by atoms with Gasteiger partial charge in [0.2, 0.25) is 0 Å². The molecule has 0 aliphatic carbocycles. The average molecular weight is 252 g/mol. The molecule has 0 saturated heterocycles. The Labute approximate surface area is 115 Å². The Hall–Kier alpha value is -1.89. The Morgan fingerprint density at radius 1 is 1.05 bits per heavy atom. The highest BCUT2D eigenvalue weighted by Crippen LogP contribution is 2.25. The second-order valence-corrected chi connectivity index (χ2v) is 5.06. The van der Waals surface area contributed by atoms with Crippen molar-refractivity contribution in [3.8, 4) is 11.1 Å². The molecule has 1 nitrogen and oxygen atoms in total. The molecule has 2 aromatic rings. The van der Waals surface area contributed by atoms with Gasteiger partial charge in [0.15, 0.2) is 0 Å². The highest BCUT2D eigenvalue weighted by Gasteiger charge is 2.05. The van der Waals surface area contributed by atoms with Gasteiger partial charge < -0.3 is 0 Å². The first-order valence-corrected chi connectivity index (χ1v) is 6.90. The molecule has 2 rings (SSSR count). The van der Waals surface area contributed by atoms with E-state index in [1.54, 1.807) is 0 Å². The number of hydrogen-bond acceptors (Lipinski definition) is 1. The number of aldehydes is 1. The maximum absolute atomic E-state index is 10.8. The van der Waals surface area contributed by atoms with Gasteiger partial charge in [-0.1, -0.05) is 62.7 Å². The van der Waals surface area contributed by atoms with E-state index in [0.717, 1.165) is 23.0 Å². The zero-order valence-electron chi connectivity index (χ0n) is 11.6. The van der Waals surface area contributed by atoms with Crippen LogP contribution in [-0.4, -0.2) is 6.29 Å². The van der Waals surface area contributed by atoms with Crippen molar-refractivity contribution < 1.29 is 4.79 Å². The van der Waals surface area contributed by atoms with E-state index in [4.69, 9.17) is 0 Å². The van der Waals surface area contributed by atoms with Gasteiger partial charge in [0.05, 0.1) is 0 Å². The van der Waals surface area contributed by atoms with Crippen molar-refractivity contribution >= 4 is 6.29 Å². The Bertz CT molecular complexity index is 540. The topological polar surface area (TPSA) is 17.1 Å². The fourth-order valence-electron chi connectivity index (χ4n) is 2.40. The van der Waals surface area contributed by atoms with Gasteiger partial charge in [-0.05, 0) is 35.1 Å². The van der Waals surface area contributed by atoms with Gasteiger partial charge in [-0.15, -0.1) is 0 Å². The lowest BCUT2D eigenvalue weighted by molar-refractivity contribution is 0.112. The summed E-state index contributed by atoms with van der Waals surface area (Å²) in [6, 6.07) is 16.4. The van der Waals surface area contributed by atoms with Crippen LogP contribution in [0.1, 0.15) is 48.5 Å². The zero-order chi connectivity index (χ0) is 13.7. The smallest absolute Gasteiger partial charge is 0.150 e. The predicted octanol–water partition coefficient (Wildman–Crippen LogP) is 5.07. The molecule has 0 aliphatic heterocycles. The number of hydrogen-bond donors (Lipinski definition) is 0. The molecule has 98 valence electrons. The van der Waals surface area contributed by atoms with Crippen LogP contribution in [0.3, 0.4) is 0 Å². The number of rotatable bonds is 5. The molecule has 0 radical (unpaired) electrons. The second-order valence-electron chi connectivity index (χ2n) is 5.06. The molecular weight excluding hydrogens is 232 g/mol. The van der Waals surface area contributed by atoms with Gasteiger partial charge in [-0.2, -0.15) is 0 Å². The quantitative estimate of drug-likeness (QED) is 0.679. The van der Waals surface area contributed by atoms with E-state index >= 15 is 0 Å². The number of carbonyl (C=O) groups excluding carboxylic acids is 1. The molecule has 0 N–H and O–H groups in total. The molecule has 0 spiro atoms. The van der Waals surface area contributed by atoms with Crippen molar-refractivity contribution in [1.82, 2.24) is 0 Å². The van der Waals surface area contributed by atoms with E-state index in [9.17, 15) is 4.79 Å². The van der Waals surface area contributed by atoms with Gasteiger partial charge in [0, 0.05) is 5.56 Å². The molecule has 0 fully saturated rings. The van der Waals surface area contributed by atoms with Crippen molar-refractivity contribution in [1.29, 1.82) is 0 Å². The summed E-state index contributed by atoms with van der Waals surface area (Å²) in [6.45, 7) is 4.49. The van der Waals surface area contributed by atoms with E-state index in [1.165, 1.54) is 18.4 Å². The second kappa shape index (κ2) is 6.33. The van der Waals surface area contributed by atoms with Crippen molar-refractivity contribution in [3.63, 3.8) is 0 Å². The zero-order valence-corrected chi connectivity index (χ0v) is 11.6. The van der Waals surface area contributed by atoms with Gasteiger partial charge in [-0.3, -0.25) is 4.79 Å². The van der Waals surface area contributed by atoms with Gasteiger partial charge in [-0.25, -0.2) is 0 Å². The minimum atomic E-state index is 0.611. The fourth-order valence-corrected chi connectivity index (χ4v) is 2.40. The summed E-state index contributed by atoms with van der Waals surface area (Å²) in [6.07, 6.45) is 3.32. The van der Waals surface area contributed by atoms with Crippen LogP contribution < -0.4 is 0 Å². The van der Waals surface area contributed by atoms with Crippen molar-refractivity contribution in [2.45, 2.75) is 32.6 Å². The third kappa shape index (κ3) is 3.31.